The largest absolute Gasteiger partial charge is 0.522 e. The van der Waals surface area contributed by atoms with Crippen molar-refractivity contribution in [1.29, 1.82) is 0 Å². The maximum Gasteiger partial charge on any atom is 0.522 e. The fourth-order valence-electron chi connectivity index (χ4n) is 5.77. The Morgan fingerprint density at radius 3 is 2.61 bits per heavy atom. The molecule has 3 amide bonds. The molecule has 0 aromatic rings. The highest BCUT2D eigenvalue weighted by atomic mass is 19.4. The van der Waals surface area contributed by atoms with E-state index in [-0.39, 0.29) is 37.1 Å². The molecule has 0 radical (unpaired) electrons. The molecule has 0 aromatic heterocycles. The molecule has 12 heteroatoms. The minimum atomic E-state index is -4.94. The van der Waals surface area contributed by atoms with Crippen LogP contribution in [0.15, 0.2) is 0 Å². The maximum absolute atomic E-state index is 13.0. The van der Waals surface area contributed by atoms with Crippen molar-refractivity contribution in [2.75, 3.05) is 26.3 Å². The van der Waals surface area contributed by atoms with Crippen molar-refractivity contribution in [3.8, 4) is 0 Å². The molecule has 1 spiro atoms. The standard InChI is InChI=1S/C21H28F3N3O6/c22-21(23,24)33-9-15(28)12(6-11-3-4-26-18(11)30)13-7-20(13)8-14(17(25)29)27(10-20)19(31)16-2-1-5-32-16/h11-14,16H,1-10H2,(H2,25,29)(H,26,30)/t11-,12+,13?,14?,16+,20?/m1/s1. The van der Waals surface area contributed by atoms with Crippen LogP contribution in [0.4, 0.5) is 13.2 Å². The Hall–Kier alpha value is -2.21. The maximum atomic E-state index is 13.0. The van der Waals surface area contributed by atoms with Crippen molar-refractivity contribution in [3.63, 3.8) is 0 Å². The molecule has 3 saturated heterocycles. The van der Waals surface area contributed by atoms with Crippen LogP contribution in [0.25, 0.3) is 0 Å². The number of ketones is 1. The summed E-state index contributed by atoms with van der Waals surface area (Å²) < 4.78 is 46.8. The molecule has 6 atom stereocenters. The Kier molecular flexibility index (Phi) is 6.43. The average Bonchev–Trinajstić information content (AvgIpc) is 3.17. The van der Waals surface area contributed by atoms with Gasteiger partial charge in [-0.2, -0.15) is 0 Å². The van der Waals surface area contributed by atoms with Crippen LogP contribution in [0.1, 0.15) is 38.5 Å². The smallest absolute Gasteiger partial charge is 0.368 e. The number of carbonyl (C=O) groups is 4. The first-order chi connectivity index (χ1) is 15.5. The minimum absolute atomic E-state index is 0.110. The number of Topliss-reactive ketones (excluding diaryl/α,β-unsaturated/α-hetero) is 1. The van der Waals surface area contributed by atoms with Crippen LogP contribution in [0.3, 0.4) is 0 Å². The van der Waals surface area contributed by atoms with Gasteiger partial charge in [0.25, 0.3) is 5.91 Å². The third-order valence-electron chi connectivity index (χ3n) is 7.51. The predicted molar refractivity (Wildman–Crippen MR) is 105 cm³/mol. The van der Waals surface area contributed by atoms with Crippen LogP contribution < -0.4 is 11.1 Å². The normalized spacial score (nSPS) is 34.5. The van der Waals surface area contributed by atoms with Crippen molar-refractivity contribution < 1.29 is 41.8 Å². The highest BCUT2D eigenvalue weighted by Crippen LogP contribution is 2.64. The number of amides is 3. The van der Waals surface area contributed by atoms with Gasteiger partial charge in [0, 0.05) is 31.5 Å². The summed E-state index contributed by atoms with van der Waals surface area (Å²) in [6.07, 6.45) is -2.99. The number of halogens is 3. The van der Waals surface area contributed by atoms with Crippen molar-refractivity contribution in [2.45, 2.75) is 57.0 Å². The number of likely N-dealkylation sites (tertiary alicyclic amines) is 1. The molecule has 0 aromatic carbocycles. The molecular formula is C21H28F3N3O6. The van der Waals surface area contributed by atoms with Gasteiger partial charge < -0.3 is 20.7 Å². The fraction of sp³-hybridized carbons (Fsp3) is 0.810. The lowest BCUT2D eigenvalue weighted by molar-refractivity contribution is -0.321. The van der Waals surface area contributed by atoms with Crippen LogP contribution in [0.2, 0.25) is 0 Å². The molecule has 4 rings (SSSR count). The number of nitrogens with one attached hydrogen (secondary N) is 1. The van der Waals surface area contributed by atoms with E-state index in [1.54, 1.807) is 0 Å². The van der Waals surface area contributed by atoms with Crippen molar-refractivity contribution >= 4 is 23.5 Å². The number of hydrogen-bond acceptors (Lipinski definition) is 6. The molecule has 1 saturated carbocycles. The van der Waals surface area contributed by atoms with E-state index in [2.05, 4.69) is 10.1 Å². The van der Waals surface area contributed by atoms with E-state index in [9.17, 15) is 32.3 Å². The molecule has 4 fully saturated rings. The third-order valence-corrected chi connectivity index (χ3v) is 7.51. The lowest BCUT2D eigenvalue weighted by atomic mass is 9.83. The van der Waals surface area contributed by atoms with Crippen LogP contribution in [0.5, 0.6) is 0 Å². The zero-order chi connectivity index (χ0) is 24.0. The zero-order valence-corrected chi connectivity index (χ0v) is 18.1. The summed E-state index contributed by atoms with van der Waals surface area (Å²) >= 11 is 0. The Labute approximate surface area is 188 Å². The first kappa shape index (κ1) is 23.9. The molecule has 33 heavy (non-hydrogen) atoms. The number of carbonyl (C=O) groups excluding carboxylic acids is 4. The number of hydrogen-bond donors (Lipinski definition) is 2. The van der Waals surface area contributed by atoms with E-state index < -0.39 is 54.1 Å². The second kappa shape index (κ2) is 8.86. The second-order valence-corrected chi connectivity index (χ2v) is 9.58. The number of primary amides is 1. The first-order valence-corrected chi connectivity index (χ1v) is 11.2. The van der Waals surface area contributed by atoms with Gasteiger partial charge in [0.05, 0.1) is 0 Å². The average molecular weight is 475 g/mol. The summed E-state index contributed by atoms with van der Waals surface area (Å²) in [6.45, 7) is -0.0389. The molecule has 0 bridgehead atoms. The molecule has 3 heterocycles. The van der Waals surface area contributed by atoms with Gasteiger partial charge in [0.1, 0.15) is 18.8 Å². The van der Waals surface area contributed by atoms with E-state index in [0.717, 1.165) is 6.42 Å². The zero-order valence-electron chi connectivity index (χ0n) is 18.1. The molecule has 3 aliphatic heterocycles. The quantitative estimate of drug-likeness (QED) is 0.527. The summed E-state index contributed by atoms with van der Waals surface area (Å²) in [5, 5.41) is 2.68. The molecular weight excluding hydrogens is 447 g/mol. The summed E-state index contributed by atoms with van der Waals surface area (Å²) in [4.78, 5) is 51.3. The highest BCUT2D eigenvalue weighted by Gasteiger charge is 2.65. The van der Waals surface area contributed by atoms with Gasteiger partial charge in [-0.05, 0) is 49.9 Å². The van der Waals surface area contributed by atoms with Gasteiger partial charge >= 0.3 is 6.36 Å². The topological polar surface area (TPSA) is 128 Å². The van der Waals surface area contributed by atoms with Gasteiger partial charge in [0.15, 0.2) is 5.78 Å². The summed E-state index contributed by atoms with van der Waals surface area (Å²) in [5.41, 5.74) is 4.97. The summed E-state index contributed by atoms with van der Waals surface area (Å²) in [7, 11) is 0. The lowest BCUT2D eigenvalue weighted by Gasteiger charge is -2.25. The van der Waals surface area contributed by atoms with Gasteiger partial charge in [-0.1, -0.05) is 0 Å². The van der Waals surface area contributed by atoms with Crippen LogP contribution in [-0.4, -0.2) is 73.2 Å². The van der Waals surface area contributed by atoms with Gasteiger partial charge in [-0.25, -0.2) is 0 Å². The van der Waals surface area contributed by atoms with Crippen molar-refractivity contribution in [1.82, 2.24) is 10.2 Å². The Balaban J connectivity index is 1.50. The van der Waals surface area contributed by atoms with E-state index in [1.807, 2.05) is 0 Å². The fourth-order valence-corrected chi connectivity index (χ4v) is 5.77. The summed E-state index contributed by atoms with van der Waals surface area (Å²) in [6, 6.07) is -0.858. The van der Waals surface area contributed by atoms with Crippen LogP contribution >= 0.6 is 0 Å². The molecule has 4 aliphatic rings. The Morgan fingerprint density at radius 1 is 1.27 bits per heavy atom. The summed E-state index contributed by atoms with van der Waals surface area (Å²) in [5.74, 6) is -3.61. The second-order valence-electron chi connectivity index (χ2n) is 9.58. The Bertz CT molecular complexity index is 831. The minimum Gasteiger partial charge on any atom is -0.368 e. The SMILES string of the molecule is NC(=O)C1CC2(CC2[C@H](C[C@H]2CCNC2=O)C(=O)COC(F)(F)F)CN1C(=O)[C@@H]1CCCO1. The number of nitrogens with two attached hydrogens (primary N) is 1. The molecule has 9 nitrogen and oxygen atoms in total. The van der Waals surface area contributed by atoms with Gasteiger partial charge in [0.2, 0.25) is 11.8 Å². The monoisotopic (exact) mass is 475 g/mol. The van der Waals surface area contributed by atoms with Crippen LogP contribution in [0, 0.1) is 23.2 Å². The third kappa shape index (κ3) is 5.01. The number of ether oxygens (including phenoxy) is 2. The Morgan fingerprint density at radius 2 is 2.03 bits per heavy atom. The molecule has 1 aliphatic carbocycles. The molecule has 184 valence electrons. The van der Waals surface area contributed by atoms with E-state index in [1.165, 1.54) is 4.90 Å². The number of nitrogens with zero attached hydrogens (tertiary/aromatic N) is 1. The number of alkyl halides is 3. The number of rotatable bonds is 8. The highest BCUT2D eigenvalue weighted by molar-refractivity contribution is 5.90. The van der Waals surface area contributed by atoms with Gasteiger partial charge in [-0.3, -0.25) is 23.9 Å². The molecule has 3 unspecified atom stereocenters. The van der Waals surface area contributed by atoms with E-state index in [4.69, 9.17) is 10.5 Å². The van der Waals surface area contributed by atoms with Crippen molar-refractivity contribution in [3.05, 3.63) is 0 Å². The van der Waals surface area contributed by atoms with Crippen molar-refractivity contribution in [2.24, 2.45) is 28.9 Å². The first-order valence-electron chi connectivity index (χ1n) is 11.2. The van der Waals surface area contributed by atoms with E-state index in [0.29, 0.717) is 32.4 Å². The lowest BCUT2D eigenvalue weighted by Crippen LogP contribution is -2.47. The van der Waals surface area contributed by atoms with Crippen LogP contribution in [-0.2, 0) is 28.7 Å². The van der Waals surface area contributed by atoms with Gasteiger partial charge in [-0.15, -0.1) is 13.2 Å². The molecule has 3 N–H and O–H groups in total. The predicted octanol–water partition coefficient (Wildman–Crippen LogP) is 0.506. The van der Waals surface area contributed by atoms with E-state index >= 15 is 0 Å².